The van der Waals surface area contributed by atoms with Gasteiger partial charge in [0.15, 0.2) is 0 Å². The Balaban J connectivity index is 1.65. The van der Waals surface area contributed by atoms with Crippen molar-refractivity contribution >= 4 is 11.6 Å². The van der Waals surface area contributed by atoms with Crippen LogP contribution in [0.15, 0.2) is 42.6 Å². The molecule has 114 valence electrons. The summed E-state index contributed by atoms with van der Waals surface area (Å²) in [4.78, 5) is 15.8. The lowest BCUT2D eigenvalue weighted by Gasteiger charge is -2.23. The van der Waals surface area contributed by atoms with E-state index >= 15 is 0 Å². The van der Waals surface area contributed by atoms with E-state index in [4.69, 9.17) is 0 Å². The van der Waals surface area contributed by atoms with Crippen LogP contribution in [0.5, 0.6) is 0 Å². The second kappa shape index (κ2) is 6.66. The van der Waals surface area contributed by atoms with Crippen LogP contribution in [-0.4, -0.2) is 24.0 Å². The molecule has 1 fully saturated rings. The first kappa shape index (κ1) is 14.7. The maximum absolute atomic E-state index is 12.8. The van der Waals surface area contributed by atoms with Gasteiger partial charge in [-0.1, -0.05) is 12.1 Å². The van der Waals surface area contributed by atoms with E-state index in [1.54, 1.807) is 0 Å². The van der Waals surface area contributed by atoms with Crippen LogP contribution in [0, 0.1) is 5.82 Å². The first-order valence-electron chi connectivity index (χ1n) is 7.46. The molecule has 1 amide bonds. The number of pyridine rings is 1. The summed E-state index contributed by atoms with van der Waals surface area (Å²) in [7, 11) is 0. The number of carbonyl (C=O) groups excluding carboxylic acids is 1. The molecular formula is C17H18FN3O. The number of nitrogens with zero attached hydrogens (tertiary/aromatic N) is 1. The number of benzene rings is 1. The van der Waals surface area contributed by atoms with Crippen molar-refractivity contribution in [2.45, 2.75) is 18.8 Å². The highest BCUT2D eigenvalue weighted by Gasteiger charge is 2.15. The molecule has 1 unspecified atom stereocenters. The lowest BCUT2D eigenvalue weighted by atomic mass is 9.92. The largest absolute Gasteiger partial charge is 0.321 e. The highest BCUT2D eigenvalue weighted by atomic mass is 19.1. The molecule has 2 N–H and O–H groups in total. The molecule has 1 aliphatic rings. The number of carbonyl (C=O) groups is 1. The highest BCUT2D eigenvalue weighted by Crippen LogP contribution is 2.24. The van der Waals surface area contributed by atoms with E-state index in [1.807, 2.05) is 24.3 Å². The lowest BCUT2D eigenvalue weighted by Crippen LogP contribution is -2.28. The van der Waals surface area contributed by atoms with Gasteiger partial charge in [0.05, 0.1) is 6.20 Å². The van der Waals surface area contributed by atoms with Gasteiger partial charge in [0, 0.05) is 12.2 Å². The minimum Gasteiger partial charge on any atom is -0.321 e. The van der Waals surface area contributed by atoms with E-state index < -0.39 is 5.82 Å². The summed E-state index contributed by atoms with van der Waals surface area (Å²) in [5.41, 5.74) is 2.19. The van der Waals surface area contributed by atoms with Crippen LogP contribution in [0.2, 0.25) is 0 Å². The van der Waals surface area contributed by atoms with Crippen LogP contribution in [-0.2, 0) is 0 Å². The van der Waals surface area contributed by atoms with Crippen LogP contribution in [0.3, 0.4) is 0 Å². The second-order valence-corrected chi connectivity index (χ2v) is 5.48. The zero-order valence-electron chi connectivity index (χ0n) is 12.2. The van der Waals surface area contributed by atoms with Crippen molar-refractivity contribution in [1.29, 1.82) is 0 Å². The van der Waals surface area contributed by atoms with Gasteiger partial charge < -0.3 is 10.6 Å². The highest BCUT2D eigenvalue weighted by molar-refractivity contribution is 6.02. The Hall–Kier alpha value is -2.27. The van der Waals surface area contributed by atoms with Crippen molar-refractivity contribution in [2.24, 2.45) is 0 Å². The third kappa shape index (κ3) is 3.49. The number of rotatable bonds is 3. The Kier molecular flexibility index (Phi) is 4.44. The Morgan fingerprint density at radius 3 is 2.68 bits per heavy atom. The van der Waals surface area contributed by atoms with Gasteiger partial charge in [0.2, 0.25) is 0 Å². The van der Waals surface area contributed by atoms with E-state index in [2.05, 4.69) is 15.6 Å². The number of halogens is 1. The zero-order valence-corrected chi connectivity index (χ0v) is 12.2. The van der Waals surface area contributed by atoms with Crippen LogP contribution in [0.1, 0.15) is 34.8 Å². The number of aromatic nitrogens is 1. The SMILES string of the molecule is O=C(Nc1ccc(C2CCCNC2)cc1)c1ccc(F)cn1. The van der Waals surface area contributed by atoms with Crippen molar-refractivity contribution in [1.82, 2.24) is 10.3 Å². The van der Waals surface area contributed by atoms with Gasteiger partial charge >= 0.3 is 0 Å². The molecule has 5 heteroatoms. The van der Waals surface area contributed by atoms with E-state index in [0.29, 0.717) is 11.6 Å². The molecule has 1 saturated heterocycles. The topological polar surface area (TPSA) is 54.0 Å². The van der Waals surface area contributed by atoms with Crippen molar-refractivity contribution in [2.75, 3.05) is 18.4 Å². The molecule has 2 aromatic rings. The predicted octanol–water partition coefficient (Wildman–Crippen LogP) is 2.94. The van der Waals surface area contributed by atoms with Gasteiger partial charge in [-0.05, 0) is 55.1 Å². The molecule has 22 heavy (non-hydrogen) atoms. The molecule has 1 aromatic heterocycles. The molecule has 0 radical (unpaired) electrons. The fourth-order valence-electron chi connectivity index (χ4n) is 2.68. The molecule has 0 aliphatic carbocycles. The Morgan fingerprint density at radius 2 is 2.05 bits per heavy atom. The van der Waals surface area contributed by atoms with Gasteiger partial charge in [0.25, 0.3) is 5.91 Å². The molecule has 0 saturated carbocycles. The normalized spacial score (nSPS) is 18.0. The number of hydrogen-bond acceptors (Lipinski definition) is 3. The number of amides is 1. The van der Waals surface area contributed by atoms with E-state index in [9.17, 15) is 9.18 Å². The maximum Gasteiger partial charge on any atom is 0.274 e. The molecule has 1 aliphatic heterocycles. The average molecular weight is 299 g/mol. The maximum atomic E-state index is 12.8. The zero-order chi connectivity index (χ0) is 15.4. The summed E-state index contributed by atoms with van der Waals surface area (Å²) in [6.07, 6.45) is 3.42. The standard InChI is InChI=1S/C17H18FN3O/c18-14-5-8-16(20-11-14)17(22)21-15-6-3-12(4-7-15)13-2-1-9-19-10-13/h3-8,11,13,19H,1-2,9-10H2,(H,21,22). The van der Waals surface area contributed by atoms with Gasteiger partial charge in [-0.2, -0.15) is 0 Å². The lowest BCUT2D eigenvalue weighted by molar-refractivity contribution is 0.102. The van der Waals surface area contributed by atoms with Crippen LogP contribution in [0.25, 0.3) is 0 Å². The van der Waals surface area contributed by atoms with Crippen molar-refractivity contribution < 1.29 is 9.18 Å². The predicted molar refractivity (Wildman–Crippen MR) is 83.4 cm³/mol. The molecule has 1 aromatic carbocycles. The fraction of sp³-hybridized carbons (Fsp3) is 0.294. The first-order valence-corrected chi connectivity index (χ1v) is 7.46. The van der Waals surface area contributed by atoms with E-state index in [-0.39, 0.29) is 11.6 Å². The Bertz CT molecular complexity index is 634. The second-order valence-electron chi connectivity index (χ2n) is 5.48. The number of nitrogens with one attached hydrogen (secondary N) is 2. The summed E-state index contributed by atoms with van der Waals surface area (Å²) >= 11 is 0. The Labute approximate surface area is 128 Å². The molecule has 4 nitrogen and oxygen atoms in total. The molecule has 1 atom stereocenters. The first-order chi connectivity index (χ1) is 10.7. The van der Waals surface area contributed by atoms with Crippen molar-refractivity contribution in [3.63, 3.8) is 0 Å². The summed E-state index contributed by atoms with van der Waals surface area (Å²) in [5, 5.41) is 6.17. The molecular weight excluding hydrogens is 281 g/mol. The van der Waals surface area contributed by atoms with Crippen molar-refractivity contribution in [3.05, 3.63) is 59.7 Å². The van der Waals surface area contributed by atoms with Crippen LogP contribution < -0.4 is 10.6 Å². The van der Waals surface area contributed by atoms with Crippen LogP contribution >= 0.6 is 0 Å². The van der Waals surface area contributed by atoms with E-state index in [1.165, 1.54) is 30.5 Å². The smallest absolute Gasteiger partial charge is 0.274 e. The number of hydrogen-bond donors (Lipinski definition) is 2. The number of piperidine rings is 1. The van der Waals surface area contributed by atoms with Crippen LogP contribution in [0.4, 0.5) is 10.1 Å². The summed E-state index contributed by atoms with van der Waals surface area (Å²) in [5.74, 6) is -0.258. The summed E-state index contributed by atoms with van der Waals surface area (Å²) in [6.45, 7) is 2.10. The van der Waals surface area contributed by atoms with Gasteiger partial charge in [-0.3, -0.25) is 4.79 Å². The fourth-order valence-corrected chi connectivity index (χ4v) is 2.68. The molecule has 0 bridgehead atoms. The Morgan fingerprint density at radius 1 is 1.23 bits per heavy atom. The monoisotopic (exact) mass is 299 g/mol. The minimum atomic E-state index is -0.456. The quantitative estimate of drug-likeness (QED) is 0.916. The molecule has 3 rings (SSSR count). The molecule has 2 heterocycles. The van der Waals surface area contributed by atoms with Crippen molar-refractivity contribution in [3.8, 4) is 0 Å². The van der Waals surface area contributed by atoms with Gasteiger partial charge in [0.1, 0.15) is 11.5 Å². The third-order valence-electron chi connectivity index (χ3n) is 3.90. The van der Waals surface area contributed by atoms with Gasteiger partial charge in [-0.15, -0.1) is 0 Å². The van der Waals surface area contributed by atoms with Gasteiger partial charge in [-0.25, -0.2) is 9.37 Å². The minimum absolute atomic E-state index is 0.196. The third-order valence-corrected chi connectivity index (χ3v) is 3.90. The van der Waals surface area contributed by atoms with E-state index in [0.717, 1.165) is 19.3 Å². The number of anilines is 1. The summed E-state index contributed by atoms with van der Waals surface area (Å²) in [6, 6.07) is 10.5. The molecule has 0 spiro atoms. The average Bonchev–Trinajstić information content (AvgIpc) is 2.57. The summed E-state index contributed by atoms with van der Waals surface area (Å²) < 4.78 is 12.8.